The van der Waals surface area contributed by atoms with Gasteiger partial charge in [0.25, 0.3) is 0 Å². The average Bonchev–Trinajstić information content (AvgIpc) is 3.71. The number of fused-ring (bicyclic) bond motifs is 7. The van der Waals surface area contributed by atoms with Crippen molar-refractivity contribution in [2.24, 2.45) is 0 Å². The minimum absolute atomic E-state index is 1.11. The fourth-order valence-electron chi connectivity index (χ4n) is 7.56. The highest BCUT2D eigenvalue weighted by Crippen LogP contribution is 2.47. The third-order valence-electron chi connectivity index (χ3n) is 9.74. The summed E-state index contributed by atoms with van der Waals surface area (Å²) < 4.78 is 5.05. The van der Waals surface area contributed by atoms with Gasteiger partial charge in [-0.15, -0.1) is 11.3 Å². The van der Waals surface area contributed by atoms with Gasteiger partial charge in [0.15, 0.2) is 0 Å². The molecule has 0 fully saturated rings. The lowest BCUT2D eigenvalue weighted by molar-refractivity contribution is 1.17. The number of rotatable bonds is 5. The minimum atomic E-state index is 1.11. The van der Waals surface area contributed by atoms with Gasteiger partial charge in [-0.3, -0.25) is 0 Å². The molecular formula is C46H30N2S. The number of benzene rings is 8. The van der Waals surface area contributed by atoms with Crippen LogP contribution in [0.3, 0.4) is 0 Å². The van der Waals surface area contributed by atoms with E-state index in [1.54, 1.807) is 0 Å². The first-order valence-electron chi connectivity index (χ1n) is 16.7. The third kappa shape index (κ3) is 4.47. The van der Waals surface area contributed by atoms with E-state index in [4.69, 9.17) is 0 Å². The topological polar surface area (TPSA) is 8.17 Å². The molecule has 0 saturated heterocycles. The summed E-state index contributed by atoms with van der Waals surface area (Å²) in [6.45, 7) is 0. The molecule has 2 nitrogen and oxygen atoms in total. The Bertz CT molecular complexity index is 2830. The van der Waals surface area contributed by atoms with Gasteiger partial charge in [-0.2, -0.15) is 0 Å². The van der Waals surface area contributed by atoms with Gasteiger partial charge < -0.3 is 9.47 Å². The molecular weight excluding hydrogens is 613 g/mol. The van der Waals surface area contributed by atoms with Gasteiger partial charge in [0.1, 0.15) is 0 Å². The molecule has 10 rings (SSSR count). The second kappa shape index (κ2) is 11.2. The van der Waals surface area contributed by atoms with Crippen LogP contribution < -0.4 is 4.90 Å². The summed E-state index contributed by atoms with van der Waals surface area (Å²) in [5.41, 5.74) is 9.30. The van der Waals surface area contributed by atoms with E-state index in [-0.39, 0.29) is 0 Å². The Morgan fingerprint density at radius 3 is 1.96 bits per heavy atom. The second-order valence-corrected chi connectivity index (χ2v) is 13.6. The highest BCUT2D eigenvalue weighted by molar-refractivity contribution is 7.25. The van der Waals surface area contributed by atoms with Crippen LogP contribution in [0.1, 0.15) is 0 Å². The molecule has 230 valence electrons. The Morgan fingerprint density at radius 2 is 1.08 bits per heavy atom. The van der Waals surface area contributed by atoms with Gasteiger partial charge in [-0.05, 0) is 77.2 Å². The van der Waals surface area contributed by atoms with Crippen LogP contribution in [0, 0.1) is 0 Å². The van der Waals surface area contributed by atoms with E-state index in [9.17, 15) is 0 Å². The van der Waals surface area contributed by atoms with Gasteiger partial charge in [-0.1, -0.05) is 121 Å². The van der Waals surface area contributed by atoms with Crippen LogP contribution in [0.4, 0.5) is 17.1 Å². The molecule has 0 radical (unpaired) electrons. The van der Waals surface area contributed by atoms with E-state index in [2.05, 4.69) is 191 Å². The molecule has 2 heterocycles. The zero-order chi connectivity index (χ0) is 32.3. The lowest BCUT2D eigenvalue weighted by Crippen LogP contribution is -2.12. The molecule has 0 aliphatic heterocycles. The number of thiophene rings is 1. The smallest absolute Gasteiger partial charge is 0.0782 e. The summed E-state index contributed by atoms with van der Waals surface area (Å²) in [4.78, 5) is 2.48. The first kappa shape index (κ1) is 27.9. The van der Waals surface area contributed by atoms with Crippen molar-refractivity contribution in [1.29, 1.82) is 0 Å². The largest absolute Gasteiger partial charge is 0.308 e. The standard InChI is InChI=1S/C46H30N2S/c1-3-14-31(15-4-1)32-16-11-20-35(28-32)47(42-25-12-17-33-29-40-37-22-8-10-27-44(37)49-45(40)30-39(33)42)43-26-13-23-38-36-21-7-9-24-41(36)48(46(38)43)34-18-5-2-6-19-34/h1-30H. The Morgan fingerprint density at radius 1 is 0.408 bits per heavy atom. The molecule has 0 atom stereocenters. The molecule has 0 saturated carbocycles. The molecule has 0 aliphatic rings. The van der Waals surface area contributed by atoms with Crippen molar-refractivity contribution in [3.63, 3.8) is 0 Å². The predicted molar refractivity (Wildman–Crippen MR) is 211 cm³/mol. The molecule has 10 aromatic rings. The maximum absolute atomic E-state index is 2.48. The maximum Gasteiger partial charge on any atom is 0.0782 e. The molecule has 49 heavy (non-hydrogen) atoms. The summed E-state index contributed by atoms with van der Waals surface area (Å²) in [5.74, 6) is 0. The quantitative estimate of drug-likeness (QED) is 0.181. The van der Waals surface area contributed by atoms with Crippen molar-refractivity contribution < 1.29 is 0 Å². The molecule has 0 amide bonds. The Hall–Kier alpha value is -6.16. The van der Waals surface area contributed by atoms with E-state index >= 15 is 0 Å². The van der Waals surface area contributed by atoms with Crippen molar-refractivity contribution in [1.82, 2.24) is 4.57 Å². The predicted octanol–water partition coefficient (Wildman–Crippen LogP) is 13.4. The van der Waals surface area contributed by atoms with Crippen LogP contribution in [0.25, 0.3) is 69.6 Å². The second-order valence-electron chi connectivity index (χ2n) is 12.6. The first-order chi connectivity index (χ1) is 24.3. The van der Waals surface area contributed by atoms with Gasteiger partial charge in [0.2, 0.25) is 0 Å². The number of hydrogen-bond donors (Lipinski definition) is 0. The summed E-state index contributed by atoms with van der Waals surface area (Å²) >= 11 is 1.87. The lowest BCUT2D eigenvalue weighted by atomic mass is 10.0. The Kier molecular flexibility index (Phi) is 6.39. The van der Waals surface area contributed by atoms with Gasteiger partial charge in [0.05, 0.1) is 22.4 Å². The van der Waals surface area contributed by atoms with E-state index in [0.29, 0.717) is 0 Å². The molecule has 0 aliphatic carbocycles. The van der Waals surface area contributed by atoms with Gasteiger partial charge in [0, 0.05) is 47.7 Å². The molecule has 0 unspecified atom stereocenters. The van der Waals surface area contributed by atoms with E-state index in [1.807, 2.05) is 11.3 Å². The van der Waals surface area contributed by atoms with Crippen molar-refractivity contribution in [2.75, 3.05) is 4.90 Å². The van der Waals surface area contributed by atoms with E-state index in [1.165, 1.54) is 63.9 Å². The molecule has 0 N–H and O–H groups in total. The van der Waals surface area contributed by atoms with Crippen LogP contribution in [-0.4, -0.2) is 4.57 Å². The Balaban J connectivity index is 1.32. The van der Waals surface area contributed by atoms with Gasteiger partial charge >= 0.3 is 0 Å². The zero-order valence-corrected chi connectivity index (χ0v) is 27.4. The van der Waals surface area contributed by atoms with Crippen molar-refractivity contribution in [3.8, 4) is 16.8 Å². The number of nitrogens with zero attached hydrogens (tertiary/aromatic N) is 2. The fourth-order valence-corrected chi connectivity index (χ4v) is 8.69. The van der Waals surface area contributed by atoms with Crippen molar-refractivity contribution in [2.45, 2.75) is 0 Å². The first-order valence-corrected chi connectivity index (χ1v) is 17.5. The molecule has 0 spiro atoms. The van der Waals surface area contributed by atoms with E-state index in [0.717, 1.165) is 22.7 Å². The van der Waals surface area contributed by atoms with Crippen LogP contribution in [-0.2, 0) is 0 Å². The van der Waals surface area contributed by atoms with Gasteiger partial charge in [-0.25, -0.2) is 0 Å². The van der Waals surface area contributed by atoms with Crippen molar-refractivity contribution >= 4 is 81.1 Å². The number of hydrogen-bond acceptors (Lipinski definition) is 2. The van der Waals surface area contributed by atoms with Crippen LogP contribution in [0.5, 0.6) is 0 Å². The molecule has 2 aromatic heterocycles. The van der Waals surface area contributed by atoms with Crippen LogP contribution >= 0.6 is 11.3 Å². The number of para-hydroxylation sites is 3. The average molecular weight is 643 g/mol. The SMILES string of the molecule is c1ccc(-c2cccc(N(c3cccc4cc5c(cc34)sc3ccccc35)c3cccc4c5ccccc5n(-c5ccccc5)c34)c2)cc1. The van der Waals surface area contributed by atoms with E-state index < -0.39 is 0 Å². The van der Waals surface area contributed by atoms with Crippen LogP contribution in [0.15, 0.2) is 182 Å². The lowest BCUT2D eigenvalue weighted by Gasteiger charge is -2.29. The summed E-state index contributed by atoms with van der Waals surface area (Å²) in [6.07, 6.45) is 0. The zero-order valence-electron chi connectivity index (χ0n) is 26.6. The Labute approximate surface area is 288 Å². The number of anilines is 3. The maximum atomic E-state index is 2.48. The fraction of sp³-hybridized carbons (Fsp3) is 0. The highest BCUT2D eigenvalue weighted by Gasteiger charge is 2.23. The molecule has 3 heteroatoms. The molecule has 8 aromatic carbocycles. The highest BCUT2D eigenvalue weighted by atomic mass is 32.1. The molecule has 0 bridgehead atoms. The minimum Gasteiger partial charge on any atom is -0.308 e. The monoisotopic (exact) mass is 642 g/mol. The summed E-state index contributed by atoms with van der Waals surface area (Å²) in [6, 6.07) is 66.2. The van der Waals surface area contributed by atoms with Crippen LogP contribution in [0.2, 0.25) is 0 Å². The summed E-state index contributed by atoms with van der Waals surface area (Å²) in [7, 11) is 0. The number of aromatic nitrogens is 1. The van der Waals surface area contributed by atoms with Crippen molar-refractivity contribution in [3.05, 3.63) is 182 Å². The summed E-state index contributed by atoms with van der Waals surface area (Å²) in [5, 5.41) is 7.56. The third-order valence-corrected chi connectivity index (χ3v) is 10.9. The normalized spacial score (nSPS) is 11.7.